The summed E-state index contributed by atoms with van der Waals surface area (Å²) >= 11 is 5.88. The summed E-state index contributed by atoms with van der Waals surface area (Å²) in [4.78, 5) is 2.23. The van der Waals surface area contributed by atoms with Crippen LogP contribution in [0, 0.1) is 0 Å². The van der Waals surface area contributed by atoms with Gasteiger partial charge in [-0.3, -0.25) is 0 Å². The summed E-state index contributed by atoms with van der Waals surface area (Å²) in [6, 6.07) is 15.8. The van der Waals surface area contributed by atoms with Crippen LogP contribution < -0.4 is 10.2 Å². The number of phenols is 1. The molecule has 21 heavy (non-hydrogen) atoms. The fourth-order valence-electron chi connectivity index (χ4n) is 2.18. The number of nitrogens with one attached hydrogen (secondary N) is 1. The second-order valence-electron chi connectivity index (χ2n) is 5.04. The van der Waals surface area contributed by atoms with Crippen molar-refractivity contribution in [1.82, 2.24) is 5.32 Å². The molecule has 0 aromatic heterocycles. The Morgan fingerprint density at radius 2 is 1.86 bits per heavy atom. The summed E-state index contributed by atoms with van der Waals surface area (Å²) in [7, 11) is 2.10. The summed E-state index contributed by atoms with van der Waals surface area (Å²) in [5.74, 6) is 0.174. The van der Waals surface area contributed by atoms with Crippen molar-refractivity contribution in [2.24, 2.45) is 0 Å². The number of hydrogen-bond donors (Lipinski definition) is 2. The first-order chi connectivity index (χ1) is 10.2. The predicted molar refractivity (Wildman–Crippen MR) is 89.2 cm³/mol. The van der Waals surface area contributed by atoms with E-state index in [1.807, 2.05) is 30.3 Å². The zero-order valence-electron chi connectivity index (χ0n) is 12.2. The summed E-state index contributed by atoms with van der Waals surface area (Å²) in [5, 5.41) is 13.5. The summed E-state index contributed by atoms with van der Waals surface area (Å²) in [6.07, 6.45) is 1.03. The Hall–Kier alpha value is -1.71. The Labute approximate surface area is 131 Å². The van der Waals surface area contributed by atoms with Gasteiger partial charge in [-0.05, 0) is 31.2 Å². The van der Waals surface area contributed by atoms with Crippen LogP contribution in [0.5, 0.6) is 5.75 Å². The molecule has 0 radical (unpaired) electrons. The Morgan fingerprint density at radius 3 is 2.62 bits per heavy atom. The van der Waals surface area contributed by atoms with E-state index >= 15 is 0 Å². The van der Waals surface area contributed by atoms with Gasteiger partial charge in [0.2, 0.25) is 0 Å². The standard InChI is InChI=1S/C17H21ClN2O/c1-20(15-8-3-2-4-9-15)12-6-11-19-13-14-7-5-10-16(18)17(14)21/h2-5,7-10,19,21H,6,11-13H2,1H3. The van der Waals surface area contributed by atoms with Crippen molar-refractivity contribution in [3.05, 3.63) is 59.1 Å². The maximum atomic E-state index is 9.81. The lowest BCUT2D eigenvalue weighted by Gasteiger charge is -2.19. The molecular weight excluding hydrogens is 284 g/mol. The van der Waals surface area contributed by atoms with Gasteiger partial charge >= 0.3 is 0 Å². The van der Waals surface area contributed by atoms with Crippen LogP contribution >= 0.6 is 11.6 Å². The fourth-order valence-corrected chi connectivity index (χ4v) is 2.37. The lowest BCUT2D eigenvalue weighted by Crippen LogP contribution is -2.23. The highest BCUT2D eigenvalue weighted by atomic mass is 35.5. The van der Waals surface area contributed by atoms with Crippen molar-refractivity contribution in [3.63, 3.8) is 0 Å². The lowest BCUT2D eigenvalue weighted by molar-refractivity contribution is 0.464. The van der Waals surface area contributed by atoms with Crippen LogP contribution in [0.3, 0.4) is 0 Å². The molecule has 0 bridgehead atoms. The van der Waals surface area contributed by atoms with Gasteiger partial charge in [0.1, 0.15) is 5.75 Å². The Bertz CT molecular complexity index is 560. The molecule has 0 aliphatic carbocycles. The first-order valence-electron chi connectivity index (χ1n) is 7.11. The van der Waals surface area contributed by atoms with Crippen molar-refractivity contribution < 1.29 is 5.11 Å². The number of halogens is 1. The van der Waals surface area contributed by atoms with Crippen LogP contribution in [0.15, 0.2) is 48.5 Å². The van der Waals surface area contributed by atoms with Gasteiger partial charge < -0.3 is 15.3 Å². The minimum Gasteiger partial charge on any atom is -0.506 e. The average molecular weight is 305 g/mol. The molecule has 0 atom stereocenters. The van der Waals surface area contributed by atoms with E-state index in [0.717, 1.165) is 25.1 Å². The molecule has 4 heteroatoms. The minimum atomic E-state index is 0.174. The number of benzene rings is 2. The maximum absolute atomic E-state index is 9.81. The van der Waals surface area contributed by atoms with E-state index in [-0.39, 0.29) is 5.75 Å². The van der Waals surface area contributed by atoms with Crippen molar-refractivity contribution in [2.45, 2.75) is 13.0 Å². The van der Waals surface area contributed by atoms with E-state index in [9.17, 15) is 5.11 Å². The molecule has 0 saturated heterocycles. The molecular formula is C17H21ClN2O. The average Bonchev–Trinajstić information content (AvgIpc) is 2.51. The van der Waals surface area contributed by atoms with Crippen molar-refractivity contribution in [1.29, 1.82) is 0 Å². The van der Waals surface area contributed by atoms with E-state index in [4.69, 9.17) is 11.6 Å². The highest BCUT2D eigenvalue weighted by Gasteiger charge is 2.04. The van der Waals surface area contributed by atoms with Crippen LogP contribution in [0.1, 0.15) is 12.0 Å². The zero-order valence-corrected chi connectivity index (χ0v) is 13.0. The first kappa shape index (κ1) is 15.7. The fraction of sp³-hybridized carbons (Fsp3) is 0.294. The van der Waals surface area contributed by atoms with E-state index in [2.05, 4.69) is 29.4 Å². The zero-order chi connectivity index (χ0) is 15.1. The number of anilines is 1. The van der Waals surface area contributed by atoms with Crippen LogP contribution in [0.4, 0.5) is 5.69 Å². The van der Waals surface area contributed by atoms with Crippen molar-refractivity contribution in [3.8, 4) is 5.75 Å². The number of para-hydroxylation sites is 2. The summed E-state index contributed by atoms with van der Waals surface area (Å²) in [6.45, 7) is 2.50. The number of nitrogens with zero attached hydrogens (tertiary/aromatic N) is 1. The van der Waals surface area contributed by atoms with Crippen LogP contribution in [0.25, 0.3) is 0 Å². The third-order valence-corrected chi connectivity index (χ3v) is 3.73. The maximum Gasteiger partial charge on any atom is 0.138 e. The summed E-state index contributed by atoms with van der Waals surface area (Å²) in [5.41, 5.74) is 2.06. The molecule has 2 aromatic carbocycles. The Morgan fingerprint density at radius 1 is 1.10 bits per heavy atom. The van der Waals surface area contributed by atoms with E-state index in [1.54, 1.807) is 6.07 Å². The molecule has 2 N–H and O–H groups in total. The first-order valence-corrected chi connectivity index (χ1v) is 7.49. The van der Waals surface area contributed by atoms with Crippen molar-refractivity contribution >= 4 is 17.3 Å². The Balaban J connectivity index is 1.70. The molecule has 0 heterocycles. The van der Waals surface area contributed by atoms with Gasteiger partial charge in [0.15, 0.2) is 0 Å². The lowest BCUT2D eigenvalue weighted by atomic mass is 10.2. The van der Waals surface area contributed by atoms with Gasteiger partial charge in [-0.25, -0.2) is 0 Å². The van der Waals surface area contributed by atoms with Gasteiger partial charge in [0, 0.05) is 31.4 Å². The number of hydrogen-bond acceptors (Lipinski definition) is 3. The highest BCUT2D eigenvalue weighted by molar-refractivity contribution is 6.32. The molecule has 0 amide bonds. The van der Waals surface area contributed by atoms with E-state index < -0.39 is 0 Å². The van der Waals surface area contributed by atoms with Gasteiger partial charge in [-0.1, -0.05) is 41.9 Å². The predicted octanol–water partition coefficient (Wildman–Crippen LogP) is 3.66. The molecule has 2 rings (SSSR count). The third-order valence-electron chi connectivity index (χ3n) is 3.43. The highest BCUT2D eigenvalue weighted by Crippen LogP contribution is 2.26. The molecule has 2 aromatic rings. The normalized spacial score (nSPS) is 10.6. The summed E-state index contributed by atoms with van der Waals surface area (Å²) < 4.78 is 0. The topological polar surface area (TPSA) is 35.5 Å². The molecule has 112 valence electrons. The molecule has 3 nitrogen and oxygen atoms in total. The largest absolute Gasteiger partial charge is 0.506 e. The molecule has 0 aliphatic heterocycles. The van der Waals surface area contributed by atoms with Gasteiger partial charge in [0.05, 0.1) is 5.02 Å². The molecule has 0 aliphatic rings. The smallest absolute Gasteiger partial charge is 0.138 e. The molecule has 0 spiro atoms. The minimum absolute atomic E-state index is 0.174. The number of aromatic hydroxyl groups is 1. The van der Waals surface area contributed by atoms with Crippen LogP contribution in [-0.2, 0) is 6.54 Å². The van der Waals surface area contributed by atoms with Crippen molar-refractivity contribution in [2.75, 3.05) is 25.0 Å². The quantitative estimate of drug-likeness (QED) is 0.766. The molecule has 0 fully saturated rings. The van der Waals surface area contributed by atoms with E-state index in [1.165, 1.54) is 5.69 Å². The van der Waals surface area contributed by atoms with Crippen LogP contribution in [0.2, 0.25) is 5.02 Å². The van der Waals surface area contributed by atoms with Gasteiger partial charge in [-0.2, -0.15) is 0 Å². The number of rotatable bonds is 7. The second kappa shape index (κ2) is 7.91. The van der Waals surface area contributed by atoms with E-state index in [0.29, 0.717) is 11.6 Å². The molecule has 0 unspecified atom stereocenters. The second-order valence-corrected chi connectivity index (χ2v) is 5.44. The SMILES string of the molecule is CN(CCCNCc1cccc(Cl)c1O)c1ccccc1. The molecule has 0 saturated carbocycles. The van der Waals surface area contributed by atoms with Gasteiger partial charge in [-0.15, -0.1) is 0 Å². The van der Waals surface area contributed by atoms with Gasteiger partial charge in [0.25, 0.3) is 0 Å². The third kappa shape index (κ3) is 4.66. The number of phenolic OH excluding ortho intramolecular Hbond substituents is 1. The monoisotopic (exact) mass is 304 g/mol. The van der Waals surface area contributed by atoms with Crippen LogP contribution in [-0.4, -0.2) is 25.2 Å². The Kier molecular flexibility index (Phi) is 5.90.